The Hall–Kier alpha value is -1.20. The average Bonchev–Trinajstić information content (AvgIpc) is 2.35. The first-order chi connectivity index (χ1) is 8.93. The second kappa shape index (κ2) is 5.43. The third-order valence-electron chi connectivity index (χ3n) is 3.91. The molecule has 0 N–H and O–H groups in total. The van der Waals surface area contributed by atoms with E-state index < -0.39 is 25.1 Å². The van der Waals surface area contributed by atoms with Crippen molar-refractivity contribution < 1.29 is 18.4 Å². The average molecular weight is 274 g/mol. The Bertz CT molecular complexity index is 374. The van der Waals surface area contributed by atoms with Gasteiger partial charge in [-0.2, -0.15) is 0 Å². The number of alkyl halides is 2. The molecule has 2 rings (SSSR count). The van der Waals surface area contributed by atoms with Gasteiger partial charge in [-0.25, -0.2) is 8.78 Å². The molecule has 2 heterocycles. The maximum atomic E-state index is 12.7. The van der Waals surface area contributed by atoms with Gasteiger partial charge in [0.05, 0.1) is 6.54 Å². The monoisotopic (exact) mass is 274 g/mol. The molecule has 108 valence electrons. The lowest BCUT2D eigenvalue weighted by atomic mass is 9.91. The van der Waals surface area contributed by atoms with Crippen LogP contribution in [-0.2, 0) is 9.59 Å². The van der Waals surface area contributed by atoms with Gasteiger partial charge in [-0.1, -0.05) is 13.8 Å². The molecule has 6 heteroatoms. The minimum Gasteiger partial charge on any atom is -0.329 e. The highest BCUT2D eigenvalue weighted by Crippen LogP contribution is 2.29. The first kappa shape index (κ1) is 14.2. The van der Waals surface area contributed by atoms with E-state index in [2.05, 4.69) is 0 Å². The Morgan fingerprint density at radius 3 is 2.47 bits per heavy atom. The standard InChI is InChI=1S/C13H20F2N2O2/c1-8(2)11-13(19)16-6-4-3-5-9(16)12(18)17(11)7-10(14)15/h8-11H,3-7H2,1-2H3. The van der Waals surface area contributed by atoms with Gasteiger partial charge >= 0.3 is 0 Å². The van der Waals surface area contributed by atoms with Crippen LogP contribution in [0.2, 0.25) is 0 Å². The van der Waals surface area contributed by atoms with E-state index in [0.29, 0.717) is 13.0 Å². The molecule has 0 aromatic rings. The summed E-state index contributed by atoms with van der Waals surface area (Å²) in [5, 5.41) is 0. The fourth-order valence-corrected chi connectivity index (χ4v) is 3.08. The normalized spacial score (nSPS) is 28.3. The van der Waals surface area contributed by atoms with Crippen LogP contribution in [-0.4, -0.2) is 53.2 Å². The van der Waals surface area contributed by atoms with Crippen molar-refractivity contribution in [2.45, 2.75) is 51.6 Å². The summed E-state index contributed by atoms with van der Waals surface area (Å²) in [6.45, 7) is 3.51. The molecular weight excluding hydrogens is 254 g/mol. The molecule has 19 heavy (non-hydrogen) atoms. The van der Waals surface area contributed by atoms with Crippen molar-refractivity contribution in [3.63, 3.8) is 0 Å². The number of nitrogens with zero attached hydrogens (tertiary/aromatic N) is 2. The van der Waals surface area contributed by atoms with Gasteiger partial charge in [0.25, 0.3) is 6.43 Å². The Morgan fingerprint density at radius 2 is 1.89 bits per heavy atom. The molecule has 0 aromatic carbocycles. The zero-order chi connectivity index (χ0) is 14.2. The van der Waals surface area contributed by atoms with Crippen LogP contribution in [0.4, 0.5) is 8.78 Å². The number of piperazine rings is 1. The number of piperidine rings is 1. The fourth-order valence-electron chi connectivity index (χ4n) is 3.08. The van der Waals surface area contributed by atoms with Crippen LogP contribution in [0, 0.1) is 5.92 Å². The largest absolute Gasteiger partial charge is 0.329 e. The Balaban J connectivity index is 2.29. The number of carbonyl (C=O) groups excluding carboxylic acids is 2. The molecule has 2 amide bonds. The number of carbonyl (C=O) groups is 2. The van der Waals surface area contributed by atoms with Crippen molar-refractivity contribution in [1.29, 1.82) is 0 Å². The number of hydrogen-bond acceptors (Lipinski definition) is 2. The number of hydrogen-bond donors (Lipinski definition) is 0. The van der Waals surface area contributed by atoms with E-state index in [-0.39, 0.29) is 17.7 Å². The van der Waals surface area contributed by atoms with E-state index in [1.165, 1.54) is 0 Å². The van der Waals surface area contributed by atoms with Crippen molar-refractivity contribution in [1.82, 2.24) is 9.80 Å². The molecule has 2 unspecified atom stereocenters. The molecule has 0 bridgehead atoms. The molecular formula is C13H20F2N2O2. The minimum absolute atomic E-state index is 0.155. The summed E-state index contributed by atoms with van der Waals surface area (Å²) in [5.74, 6) is -0.628. The third-order valence-corrected chi connectivity index (χ3v) is 3.91. The molecule has 0 spiro atoms. The van der Waals surface area contributed by atoms with E-state index in [0.717, 1.165) is 17.7 Å². The van der Waals surface area contributed by atoms with Crippen molar-refractivity contribution >= 4 is 11.8 Å². The van der Waals surface area contributed by atoms with Gasteiger partial charge in [0, 0.05) is 6.54 Å². The quantitative estimate of drug-likeness (QED) is 0.782. The lowest BCUT2D eigenvalue weighted by Crippen LogP contribution is -2.67. The number of halogens is 2. The predicted molar refractivity (Wildman–Crippen MR) is 65.7 cm³/mol. The predicted octanol–water partition coefficient (Wildman–Crippen LogP) is 1.50. The third kappa shape index (κ3) is 2.58. The fraction of sp³-hybridized carbons (Fsp3) is 0.846. The number of amides is 2. The summed E-state index contributed by atoms with van der Waals surface area (Å²) < 4.78 is 25.3. The zero-order valence-corrected chi connectivity index (χ0v) is 11.3. The lowest BCUT2D eigenvalue weighted by Gasteiger charge is -2.48. The van der Waals surface area contributed by atoms with Crippen molar-refractivity contribution in [2.24, 2.45) is 5.92 Å². The van der Waals surface area contributed by atoms with Crippen LogP contribution in [0.25, 0.3) is 0 Å². The van der Waals surface area contributed by atoms with E-state index in [9.17, 15) is 18.4 Å². The van der Waals surface area contributed by atoms with Crippen molar-refractivity contribution in [2.75, 3.05) is 13.1 Å². The second-order valence-corrected chi connectivity index (χ2v) is 5.61. The zero-order valence-electron chi connectivity index (χ0n) is 11.3. The summed E-state index contributed by atoms with van der Waals surface area (Å²) in [4.78, 5) is 27.5. The molecule has 2 fully saturated rings. The highest BCUT2D eigenvalue weighted by molar-refractivity contribution is 5.97. The molecule has 0 aromatic heterocycles. The number of fused-ring (bicyclic) bond motifs is 1. The van der Waals surface area contributed by atoms with Crippen LogP contribution in [0.5, 0.6) is 0 Å². The molecule has 0 aliphatic carbocycles. The van der Waals surface area contributed by atoms with Gasteiger partial charge in [0.1, 0.15) is 12.1 Å². The molecule has 0 saturated carbocycles. The highest BCUT2D eigenvalue weighted by atomic mass is 19.3. The summed E-state index contributed by atoms with van der Waals surface area (Å²) in [6.07, 6.45) is -0.257. The summed E-state index contributed by atoms with van der Waals surface area (Å²) in [5.41, 5.74) is 0. The Kier molecular flexibility index (Phi) is 4.06. The van der Waals surface area contributed by atoms with Crippen LogP contribution < -0.4 is 0 Å². The molecule has 2 atom stereocenters. The molecule has 2 saturated heterocycles. The van der Waals surface area contributed by atoms with Gasteiger partial charge in [0.15, 0.2) is 0 Å². The molecule has 2 aliphatic heterocycles. The van der Waals surface area contributed by atoms with Crippen molar-refractivity contribution in [3.05, 3.63) is 0 Å². The van der Waals surface area contributed by atoms with E-state index in [1.807, 2.05) is 0 Å². The minimum atomic E-state index is -2.60. The van der Waals surface area contributed by atoms with E-state index >= 15 is 0 Å². The van der Waals surface area contributed by atoms with E-state index in [4.69, 9.17) is 0 Å². The summed E-state index contributed by atoms with van der Waals surface area (Å²) in [6, 6.07) is -1.26. The lowest BCUT2D eigenvalue weighted by molar-refractivity contribution is -0.167. The van der Waals surface area contributed by atoms with Gasteiger partial charge in [-0.3, -0.25) is 9.59 Å². The van der Waals surface area contributed by atoms with Crippen LogP contribution >= 0.6 is 0 Å². The molecule has 0 radical (unpaired) electrons. The van der Waals surface area contributed by atoms with Gasteiger partial charge in [-0.15, -0.1) is 0 Å². The summed E-state index contributed by atoms with van der Waals surface area (Å²) >= 11 is 0. The first-order valence-corrected chi connectivity index (χ1v) is 6.82. The highest BCUT2D eigenvalue weighted by Gasteiger charge is 2.48. The van der Waals surface area contributed by atoms with Gasteiger partial charge in [0.2, 0.25) is 11.8 Å². The van der Waals surface area contributed by atoms with Crippen LogP contribution in [0.15, 0.2) is 0 Å². The SMILES string of the molecule is CC(C)C1C(=O)N2CCCCC2C(=O)N1CC(F)F. The topological polar surface area (TPSA) is 40.6 Å². The first-order valence-electron chi connectivity index (χ1n) is 6.82. The summed E-state index contributed by atoms with van der Waals surface area (Å²) in [7, 11) is 0. The van der Waals surface area contributed by atoms with Gasteiger partial charge < -0.3 is 9.80 Å². The maximum Gasteiger partial charge on any atom is 0.255 e. The Labute approximate surface area is 111 Å². The molecule has 2 aliphatic rings. The van der Waals surface area contributed by atoms with Crippen LogP contribution in [0.1, 0.15) is 33.1 Å². The maximum absolute atomic E-state index is 12.7. The van der Waals surface area contributed by atoms with Gasteiger partial charge in [-0.05, 0) is 25.2 Å². The molecule has 4 nitrogen and oxygen atoms in total. The van der Waals surface area contributed by atoms with E-state index in [1.54, 1.807) is 18.7 Å². The second-order valence-electron chi connectivity index (χ2n) is 5.61. The Morgan fingerprint density at radius 1 is 1.21 bits per heavy atom. The van der Waals surface area contributed by atoms with Crippen molar-refractivity contribution in [3.8, 4) is 0 Å². The number of rotatable bonds is 3. The smallest absolute Gasteiger partial charge is 0.255 e. The van der Waals surface area contributed by atoms with Crippen LogP contribution in [0.3, 0.4) is 0 Å².